The van der Waals surface area contributed by atoms with Crippen LogP contribution in [-0.4, -0.2) is 30.9 Å². The number of nitrogens with one attached hydrogen (secondary N) is 1. The summed E-state index contributed by atoms with van der Waals surface area (Å²) in [5.74, 6) is 0. The fraction of sp³-hybridized carbons (Fsp3) is 0.583. The molecule has 1 aromatic rings. The molecule has 18 heavy (non-hydrogen) atoms. The molecule has 0 unspecified atom stereocenters. The number of alkyl halides is 3. The molecule has 0 aliphatic heterocycles. The van der Waals surface area contributed by atoms with E-state index in [0.717, 1.165) is 11.1 Å². The van der Waals surface area contributed by atoms with Gasteiger partial charge in [0.05, 0.1) is 0 Å². The van der Waals surface area contributed by atoms with Gasteiger partial charge in [0.1, 0.15) is 6.61 Å². The molecule has 1 rings (SSSR count). The van der Waals surface area contributed by atoms with Gasteiger partial charge in [-0.05, 0) is 37.1 Å². The fourth-order valence-corrected chi connectivity index (χ4v) is 1.41. The van der Waals surface area contributed by atoms with Gasteiger partial charge in [0.25, 0.3) is 0 Å². The Labute approximate surface area is 104 Å². The number of hydrogen-bond donors (Lipinski definition) is 1. The Bertz CT molecular complexity index is 355. The molecule has 1 aromatic heterocycles. The number of nitrogens with zero attached hydrogens (tertiary/aromatic N) is 1. The van der Waals surface area contributed by atoms with Gasteiger partial charge < -0.3 is 10.1 Å². The molecule has 1 N–H and O–H groups in total. The maximum absolute atomic E-state index is 11.8. The third-order valence-electron chi connectivity index (χ3n) is 2.36. The van der Waals surface area contributed by atoms with Gasteiger partial charge in [-0.15, -0.1) is 0 Å². The molecule has 0 radical (unpaired) electrons. The van der Waals surface area contributed by atoms with Crippen LogP contribution in [0.1, 0.15) is 17.5 Å². The predicted octanol–water partition coefficient (Wildman–Crippen LogP) is 2.45. The Balaban J connectivity index is 2.04. The number of aromatic nitrogens is 1. The smallest absolute Gasteiger partial charge is 0.372 e. The van der Waals surface area contributed by atoms with E-state index in [0.29, 0.717) is 19.5 Å². The molecule has 0 bridgehead atoms. The summed E-state index contributed by atoms with van der Waals surface area (Å²) in [5, 5.41) is 3.15. The minimum atomic E-state index is -4.23. The van der Waals surface area contributed by atoms with E-state index in [2.05, 4.69) is 15.0 Å². The molecule has 0 spiro atoms. The average molecular weight is 262 g/mol. The van der Waals surface area contributed by atoms with Gasteiger partial charge in [-0.3, -0.25) is 4.98 Å². The van der Waals surface area contributed by atoms with Gasteiger partial charge in [0.2, 0.25) is 0 Å². The molecule has 0 atom stereocenters. The van der Waals surface area contributed by atoms with Crippen molar-refractivity contribution >= 4 is 0 Å². The first-order chi connectivity index (χ1) is 8.49. The second kappa shape index (κ2) is 7.33. The molecule has 0 aromatic carbocycles. The first-order valence-corrected chi connectivity index (χ1v) is 5.74. The normalized spacial score (nSPS) is 11.8. The highest BCUT2D eigenvalue weighted by Crippen LogP contribution is 2.14. The van der Waals surface area contributed by atoms with E-state index in [1.807, 2.05) is 13.0 Å². The summed E-state index contributed by atoms with van der Waals surface area (Å²) < 4.78 is 39.7. The quantitative estimate of drug-likeness (QED) is 0.766. The van der Waals surface area contributed by atoms with Crippen molar-refractivity contribution < 1.29 is 17.9 Å². The molecule has 0 aliphatic carbocycles. The Morgan fingerprint density at radius 2 is 2.17 bits per heavy atom. The van der Waals surface area contributed by atoms with Crippen LogP contribution in [0.25, 0.3) is 0 Å². The van der Waals surface area contributed by atoms with Crippen LogP contribution < -0.4 is 5.32 Å². The lowest BCUT2D eigenvalue weighted by Crippen LogP contribution is -2.20. The highest BCUT2D eigenvalue weighted by Gasteiger charge is 2.27. The molecule has 3 nitrogen and oxygen atoms in total. The molecule has 0 amide bonds. The minimum Gasteiger partial charge on any atom is -0.372 e. The van der Waals surface area contributed by atoms with Crippen LogP contribution in [0.3, 0.4) is 0 Å². The van der Waals surface area contributed by atoms with Crippen molar-refractivity contribution in [2.45, 2.75) is 26.1 Å². The predicted molar refractivity (Wildman–Crippen MR) is 62.2 cm³/mol. The van der Waals surface area contributed by atoms with E-state index < -0.39 is 12.8 Å². The van der Waals surface area contributed by atoms with E-state index in [1.54, 1.807) is 12.4 Å². The SMILES string of the molecule is Cc1cnccc1CNCCCOCC(F)(F)F. The number of ether oxygens (including phenoxy) is 1. The van der Waals surface area contributed by atoms with Gasteiger partial charge >= 0.3 is 6.18 Å². The van der Waals surface area contributed by atoms with Crippen LogP contribution in [0, 0.1) is 6.92 Å². The third kappa shape index (κ3) is 6.56. The van der Waals surface area contributed by atoms with Crippen molar-refractivity contribution in [1.29, 1.82) is 0 Å². The Hall–Kier alpha value is -1.14. The summed E-state index contributed by atoms with van der Waals surface area (Å²) >= 11 is 0. The van der Waals surface area contributed by atoms with Crippen LogP contribution in [0.5, 0.6) is 0 Å². The Morgan fingerprint density at radius 3 is 2.83 bits per heavy atom. The summed E-state index contributed by atoms with van der Waals surface area (Å²) in [6.45, 7) is 2.22. The highest BCUT2D eigenvalue weighted by atomic mass is 19.4. The van der Waals surface area contributed by atoms with Crippen molar-refractivity contribution in [3.8, 4) is 0 Å². The Morgan fingerprint density at radius 1 is 1.39 bits per heavy atom. The molecule has 0 saturated heterocycles. The van der Waals surface area contributed by atoms with Gasteiger partial charge in [-0.2, -0.15) is 13.2 Å². The van der Waals surface area contributed by atoms with Gasteiger partial charge in [-0.25, -0.2) is 0 Å². The molecule has 1 heterocycles. The summed E-state index contributed by atoms with van der Waals surface area (Å²) in [6.07, 6.45) is -0.179. The van der Waals surface area contributed by atoms with E-state index in [1.165, 1.54) is 0 Å². The molecule has 6 heteroatoms. The lowest BCUT2D eigenvalue weighted by atomic mass is 10.1. The van der Waals surface area contributed by atoms with E-state index in [4.69, 9.17) is 0 Å². The second-order valence-electron chi connectivity index (χ2n) is 4.00. The number of rotatable bonds is 7. The van der Waals surface area contributed by atoms with Crippen molar-refractivity contribution in [2.24, 2.45) is 0 Å². The minimum absolute atomic E-state index is 0.113. The molecule has 0 aliphatic rings. The van der Waals surface area contributed by atoms with Crippen molar-refractivity contribution in [2.75, 3.05) is 19.8 Å². The zero-order chi connectivity index (χ0) is 13.4. The standard InChI is InChI=1S/C12H17F3N2O/c1-10-7-17-5-3-11(10)8-16-4-2-6-18-9-12(13,14)15/h3,5,7,16H,2,4,6,8-9H2,1H3. The summed E-state index contributed by atoms with van der Waals surface area (Å²) in [4.78, 5) is 3.98. The monoisotopic (exact) mass is 262 g/mol. The first-order valence-electron chi connectivity index (χ1n) is 5.74. The maximum atomic E-state index is 11.8. The number of aryl methyl sites for hydroxylation is 1. The number of hydrogen-bond acceptors (Lipinski definition) is 3. The van der Waals surface area contributed by atoms with Crippen LogP contribution in [0.2, 0.25) is 0 Å². The molecular formula is C12H17F3N2O. The molecule has 0 saturated carbocycles. The van der Waals surface area contributed by atoms with Crippen molar-refractivity contribution in [3.63, 3.8) is 0 Å². The molecular weight excluding hydrogens is 245 g/mol. The Kier molecular flexibility index (Phi) is 6.07. The lowest BCUT2D eigenvalue weighted by Gasteiger charge is -2.09. The number of pyridine rings is 1. The van der Waals surface area contributed by atoms with Gasteiger partial charge in [-0.1, -0.05) is 0 Å². The second-order valence-corrected chi connectivity index (χ2v) is 4.00. The largest absolute Gasteiger partial charge is 0.411 e. The van der Waals surface area contributed by atoms with E-state index in [9.17, 15) is 13.2 Å². The zero-order valence-corrected chi connectivity index (χ0v) is 10.3. The summed E-state index contributed by atoms with van der Waals surface area (Å²) in [6, 6.07) is 1.92. The first kappa shape index (κ1) is 14.9. The van der Waals surface area contributed by atoms with E-state index in [-0.39, 0.29) is 6.61 Å². The van der Waals surface area contributed by atoms with Gasteiger partial charge in [0.15, 0.2) is 0 Å². The lowest BCUT2D eigenvalue weighted by molar-refractivity contribution is -0.173. The van der Waals surface area contributed by atoms with Gasteiger partial charge in [0, 0.05) is 25.5 Å². The summed E-state index contributed by atoms with van der Waals surface area (Å²) in [5.41, 5.74) is 2.24. The van der Waals surface area contributed by atoms with Crippen LogP contribution in [0.15, 0.2) is 18.5 Å². The average Bonchev–Trinajstić information content (AvgIpc) is 2.28. The van der Waals surface area contributed by atoms with Crippen LogP contribution in [-0.2, 0) is 11.3 Å². The highest BCUT2D eigenvalue weighted by molar-refractivity contribution is 5.20. The summed E-state index contributed by atoms with van der Waals surface area (Å²) in [7, 11) is 0. The molecule has 102 valence electrons. The third-order valence-corrected chi connectivity index (χ3v) is 2.36. The fourth-order valence-electron chi connectivity index (χ4n) is 1.41. The van der Waals surface area contributed by atoms with Crippen LogP contribution in [0.4, 0.5) is 13.2 Å². The maximum Gasteiger partial charge on any atom is 0.411 e. The van der Waals surface area contributed by atoms with Crippen molar-refractivity contribution in [1.82, 2.24) is 10.3 Å². The topological polar surface area (TPSA) is 34.2 Å². The van der Waals surface area contributed by atoms with Crippen molar-refractivity contribution in [3.05, 3.63) is 29.6 Å². The number of halogens is 3. The zero-order valence-electron chi connectivity index (χ0n) is 10.3. The molecule has 0 fully saturated rings. The van der Waals surface area contributed by atoms with Crippen LogP contribution >= 0.6 is 0 Å². The van der Waals surface area contributed by atoms with E-state index >= 15 is 0 Å².